The van der Waals surface area contributed by atoms with Gasteiger partial charge in [-0.3, -0.25) is 4.90 Å². The van der Waals surface area contributed by atoms with Crippen LogP contribution in [0.4, 0.5) is 0 Å². The van der Waals surface area contributed by atoms with Gasteiger partial charge < -0.3 is 10.1 Å². The maximum Gasteiger partial charge on any atom is 0.0594 e. The number of hydrogen-bond acceptors (Lipinski definition) is 3. The molecule has 0 aromatic carbocycles. The Morgan fingerprint density at radius 2 is 1.89 bits per heavy atom. The highest BCUT2D eigenvalue weighted by atomic mass is 16.5. The van der Waals surface area contributed by atoms with Crippen LogP contribution in [-0.4, -0.2) is 49.8 Å². The summed E-state index contributed by atoms with van der Waals surface area (Å²) in [6.45, 7) is 4.14. The van der Waals surface area contributed by atoms with Crippen LogP contribution in [0.1, 0.15) is 51.4 Å². The van der Waals surface area contributed by atoms with E-state index in [4.69, 9.17) is 4.74 Å². The van der Waals surface area contributed by atoms with Crippen LogP contribution < -0.4 is 5.32 Å². The van der Waals surface area contributed by atoms with E-state index in [1.165, 1.54) is 51.4 Å². The fourth-order valence-electron chi connectivity index (χ4n) is 4.37. The monoisotopic (exact) mass is 266 g/mol. The van der Waals surface area contributed by atoms with E-state index in [-0.39, 0.29) is 0 Å². The lowest BCUT2D eigenvalue weighted by atomic mass is 9.82. The smallest absolute Gasteiger partial charge is 0.0594 e. The van der Waals surface area contributed by atoms with Gasteiger partial charge >= 0.3 is 0 Å². The lowest BCUT2D eigenvalue weighted by molar-refractivity contribution is -0.0362. The van der Waals surface area contributed by atoms with Crippen molar-refractivity contribution in [3.8, 4) is 0 Å². The Morgan fingerprint density at radius 3 is 2.47 bits per heavy atom. The molecule has 1 saturated heterocycles. The average molecular weight is 266 g/mol. The Bertz CT molecular complexity index is 278. The van der Waals surface area contributed by atoms with Gasteiger partial charge in [0.1, 0.15) is 0 Å². The zero-order valence-corrected chi connectivity index (χ0v) is 12.5. The summed E-state index contributed by atoms with van der Waals surface area (Å²) in [4.78, 5) is 2.76. The first-order valence-electron chi connectivity index (χ1n) is 8.35. The summed E-state index contributed by atoms with van der Waals surface area (Å²) in [5, 5.41) is 3.68. The summed E-state index contributed by atoms with van der Waals surface area (Å²) in [5.74, 6) is 1.05. The van der Waals surface area contributed by atoms with Crippen LogP contribution in [0.25, 0.3) is 0 Å². The largest absolute Gasteiger partial charge is 0.379 e. The van der Waals surface area contributed by atoms with E-state index in [1.807, 2.05) is 0 Å². The minimum Gasteiger partial charge on any atom is -0.379 e. The van der Waals surface area contributed by atoms with Gasteiger partial charge in [-0.2, -0.15) is 0 Å². The molecule has 1 unspecified atom stereocenters. The molecule has 19 heavy (non-hydrogen) atoms. The van der Waals surface area contributed by atoms with Gasteiger partial charge in [-0.25, -0.2) is 0 Å². The molecule has 3 fully saturated rings. The molecule has 3 aliphatic rings. The van der Waals surface area contributed by atoms with Gasteiger partial charge in [-0.05, 0) is 38.6 Å². The maximum atomic E-state index is 5.56. The van der Waals surface area contributed by atoms with Gasteiger partial charge in [0.05, 0.1) is 13.2 Å². The number of nitrogens with one attached hydrogen (secondary N) is 1. The molecule has 0 aromatic heterocycles. The molecule has 1 aliphatic heterocycles. The normalized spacial score (nSPS) is 29.5. The molecule has 1 atom stereocenters. The molecule has 3 rings (SSSR count). The summed E-state index contributed by atoms with van der Waals surface area (Å²) in [6, 6.07) is 0.689. The quantitative estimate of drug-likeness (QED) is 0.799. The summed E-state index contributed by atoms with van der Waals surface area (Å²) in [7, 11) is 2.18. The van der Waals surface area contributed by atoms with Crippen molar-refractivity contribution in [2.24, 2.45) is 5.92 Å². The zero-order chi connectivity index (χ0) is 13.1. The SMILES string of the molecule is CNC(CCC1CC1)C1(N2CCOCC2)CCCC1. The number of rotatable bonds is 6. The van der Waals surface area contributed by atoms with Gasteiger partial charge in [0.15, 0.2) is 0 Å². The molecule has 2 aliphatic carbocycles. The van der Waals surface area contributed by atoms with Gasteiger partial charge in [-0.15, -0.1) is 0 Å². The third kappa shape index (κ3) is 2.98. The molecule has 2 saturated carbocycles. The van der Waals surface area contributed by atoms with Crippen LogP contribution in [0.2, 0.25) is 0 Å². The minimum absolute atomic E-state index is 0.438. The second-order valence-electron chi connectivity index (χ2n) is 6.77. The van der Waals surface area contributed by atoms with Crippen molar-refractivity contribution in [2.75, 3.05) is 33.4 Å². The van der Waals surface area contributed by atoms with Crippen molar-refractivity contribution in [3.05, 3.63) is 0 Å². The summed E-state index contributed by atoms with van der Waals surface area (Å²) in [5.41, 5.74) is 0.438. The Labute approximate surface area is 118 Å². The number of ether oxygens (including phenoxy) is 1. The number of hydrogen-bond donors (Lipinski definition) is 1. The van der Waals surface area contributed by atoms with Crippen LogP contribution in [-0.2, 0) is 4.74 Å². The van der Waals surface area contributed by atoms with Crippen LogP contribution in [0, 0.1) is 5.92 Å². The standard InChI is InChI=1S/C16H30N2O/c1-17-15(7-6-14-4-5-14)16(8-2-3-9-16)18-10-12-19-13-11-18/h14-15,17H,2-13H2,1H3. The minimum atomic E-state index is 0.438. The molecule has 110 valence electrons. The topological polar surface area (TPSA) is 24.5 Å². The van der Waals surface area contributed by atoms with Crippen molar-refractivity contribution in [2.45, 2.75) is 62.9 Å². The lowest BCUT2D eigenvalue weighted by Gasteiger charge is -2.48. The first-order valence-corrected chi connectivity index (χ1v) is 8.35. The van der Waals surface area contributed by atoms with E-state index in [2.05, 4.69) is 17.3 Å². The molecule has 3 heteroatoms. The van der Waals surface area contributed by atoms with Gasteiger partial charge in [0.25, 0.3) is 0 Å². The summed E-state index contributed by atoms with van der Waals surface area (Å²) < 4.78 is 5.56. The lowest BCUT2D eigenvalue weighted by Crippen LogP contribution is -2.61. The van der Waals surface area contributed by atoms with Crippen LogP contribution in [0.15, 0.2) is 0 Å². The van der Waals surface area contributed by atoms with Gasteiger partial charge in [0.2, 0.25) is 0 Å². The average Bonchev–Trinajstić information content (AvgIpc) is 3.16. The number of morpholine rings is 1. The zero-order valence-electron chi connectivity index (χ0n) is 12.5. The first kappa shape index (κ1) is 13.8. The molecule has 0 aromatic rings. The van der Waals surface area contributed by atoms with Crippen molar-refractivity contribution in [1.82, 2.24) is 10.2 Å². The predicted octanol–water partition coefficient (Wildman–Crippen LogP) is 2.41. The fourth-order valence-corrected chi connectivity index (χ4v) is 4.37. The fraction of sp³-hybridized carbons (Fsp3) is 1.00. The molecule has 0 radical (unpaired) electrons. The Kier molecular flexibility index (Phi) is 4.45. The predicted molar refractivity (Wildman–Crippen MR) is 78.4 cm³/mol. The number of likely N-dealkylation sites (N-methyl/N-ethyl adjacent to an activating group) is 1. The molecule has 3 nitrogen and oxygen atoms in total. The van der Waals surface area contributed by atoms with Crippen LogP contribution in [0.5, 0.6) is 0 Å². The molecule has 1 heterocycles. The van der Waals surface area contributed by atoms with E-state index in [0.717, 1.165) is 32.2 Å². The third-order valence-electron chi connectivity index (χ3n) is 5.67. The van der Waals surface area contributed by atoms with Crippen LogP contribution in [0.3, 0.4) is 0 Å². The Balaban J connectivity index is 1.68. The van der Waals surface area contributed by atoms with E-state index in [1.54, 1.807) is 0 Å². The Hall–Kier alpha value is -0.120. The summed E-state index contributed by atoms with van der Waals surface area (Å²) >= 11 is 0. The maximum absolute atomic E-state index is 5.56. The van der Waals surface area contributed by atoms with E-state index in [9.17, 15) is 0 Å². The van der Waals surface area contributed by atoms with E-state index in [0.29, 0.717) is 11.6 Å². The molecule has 0 amide bonds. The van der Waals surface area contributed by atoms with Crippen molar-refractivity contribution in [1.29, 1.82) is 0 Å². The van der Waals surface area contributed by atoms with Gasteiger partial charge in [0, 0.05) is 24.7 Å². The van der Waals surface area contributed by atoms with E-state index >= 15 is 0 Å². The first-order chi connectivity index (χ1) is 9.35. The highest BCUT2D eigenvalue weighted by Crippen LogP contribution is 2.42. The van der Waals surface area contributed by atoms with Crippen molar-refractivity contribution in [3.63, 3.8) is 0 Å². The summed E-state index contributed by atoms with van der Waals surface area (Å²) in [6.07, 6.45) is 11.4. The Morgan fingerprint density at radius 1 is 1.21 bits per heavy atom. The highest BCUT2D eigenvalue weighted by Gasteiger charge is 2.45. The second-order valence-corrected chi connectivity index (χ2v) is 6.77. The molecule has 0 spiro atoms. The van der Waals surface area contributed by atoms with E-state index < -0.39 is 0 Å². The molecular formula is C16H30N2O. The van der Waals surface area contributed by atoms with Gasteiger partial charge in [-0.1, -0.05) is 25.7 Å². The van der Waals surface area contributed by atoms with Crippen molar-refractivity contribution < 1.29 is 4.74 Å². The molecule has 0 bridgehead atoms. The number of nitrogens with zero attached hydrogens (tertiary/aromatic N) is 1. The second kappa shape index (κ2) is 6.11. The highest BCUT2D eigenvalue weighted by molar-refractivity contribution is 5.04. The van der Waals surface area contributed by atoms with Crippen molar-refractivity contribution >= 4 is 0 Å². The molecular weight excluding hydrogens is 236 g/mol. The van der Waals surface area contributed by atoms with Crippen LogP contribution >= 0.6 is 0 Å². The molecule has 1 N–H and O–H groups in total. The third-order valence-corrected chi connectivity index (χ3v) is 5.67.